The first-order valence-electron chi connectivity index (χ1n) is 7.96. The van der Waals surface area contributed by atoms with Crippen molar-refractivity contribution in [2.75, 3.05) is 0 Å². The smallest absolute Gasteiger partial charge is 0.110 e. The number of benzene rings is 2. The first kappa shape index (κ1) is 15.8. The summed E-state index contributed by atoms with van der Waals surface area (Å²) in [6.45, 7) is 0.699. The molecule has 0 radical (unpaired) electrons. The predicted molar refractivity (Wildman–Crippen MR) is 99.2 cm³/mol. The maximum atomic E-state index is 4.42. The number of rotatable bonds is 5. The molecule has 4 aromatic rings. The first-order chi connectivity index (χ1) is 12.3. The Balaban J connectivity index is 1.67. The maximum absolute atomic E-state index is 4.42. The Kier molecular flexibility index (Phi) is 4.43. The van der Waals surface area contributed by atoms with Crippen molar-refractivity contribution in [1.82, 2.24) is 24.5 Å². The third kappa shape index (κ3) is 3.53. The molecule has 2 aromatic carbocycles. The van der Waals surface area contributed by atoms with Gasteiger partial charge in [-0.25, -0.2) is 9.67 Å². The molecule has 2 aromatic heterocycles. The monoisotopic (exact) mass is 393 g/mol. The molecule has 4 rings (SSSR count). The van der Waals surface area contributed by atoms with Gasteiger partial charge in [0.05, 0.1) is 19.1 Å². The van der Waals surface area contributed by atoms with E-state index >= 15 is 0 Å². The number of aromatic nitrogens is 5. The summed E-state index contributed by atoms with van der Waals surface area (Å²) >= 11 is 3.49. The maximum Gasteiger partial charge on any atom is 0.110 e. The second kappa shape index (κ2) is 7.03. The van der Waals surface area contributed by atoms with Crippen LogP contribution in [0.3, 0.4) is 0 Å². The van der Waals surface area contributed by atoms with Crippen molar-refractivity contribution in [1.29, 1.82) is 0 Å². The van der Waals surface area contributed by atoms with Crippen molar-refractivity contribution >= 4 is 15.9 Å². The molecular formula is C19H16BrN5. The molecule has 0 amide bonds. The first-order valence-corrected chi connectivity index (χ1v) is 8.76. The summed E-state index contributed by atoms with van der Waals surface area (Å²) in [6.07, 6.45) is 7.53. The van der Waals surface area contributed by atoms with Crippen LogP contribution in [0.1, 0.15) is 22.9 Å². The van der Waals surface area contributed by atoms with Crippen molar-refractivity contribution in [3.05, 3.63) is 101 Å². The van der Waals surface area contributed by atoms with E-state index in [-0.39, 0.29) is 6.04 Å². The van der Waals surface area contributed by atoms with Gasteiger partial charge < -0.3 is 4.57 Å². The van der Waals surface area contributed by atoms with Crippen molar-refractivity contribution in [2.45, 2.75) is 12.6 Å². The van der Waals surface area contributed by atoms with Gasteiger partial charge in [-0.3, -0.25) is 0 Å². The van der Waals surface area contributed by atoms with Crippen molar-refractivity contribution in [2.24, 2.45) is 0 Å². The number of nitrogens with zero attached hydrogens (tertiary/aromatic N) is 5. The standard InChI is InChI=1S/C19H16BrN5/c20-17-8-6-16(7-9-17)19(24-11-10-21-14-24)18-13-25(23-22-18)12-15-4-2-1-3-5-15/h1-11,13-14,19H,12H2/t19-/m1/s1. The van der Waals surface area contributed by atoms with Crippen molar-refractivity contribution < 1.29 is 0 Å². The van der Waals surface area contributed by atoms with Crippen LogP contribution in [-0.2, 0) is 6.54 Å². The topological polar surface area (TPSA) is 48.5 Å². The number of halogens is 1. The molecule has 0 saturated heterocycles. The highest BCUT2D eigenvalue weighted by Crippen LogP contribution is 2.26. The Morgan fingerprint density at radius 2 is 1.80 bits per heavy atom. The average molecular weight is 394 g/mol. The summed E-state index contributed by atoms with van der Waals surface area (Å²) in [5.74, 6) is 0. The van der Waals surface area contributed by atoms with E-state index in [1.54, 1.807) is 6.20 Å². The number of imidazole rings is 1. The number of hydrogen-bond donors (Lipinski definition) is 0. The molecule has 0 aliphatic carbocycles. The minimum absolute atomic E-state index is 0.0554. The molecule has 0 aliphatic rings. The van der Waals surface area contributed by atoms with Gasteiger partial charge in [0.1, 0.15) is 11.7 Å². The zero-order valence-corrected chi connectivity index (χ0v) is 15.0. The zero-order valence-electron chi connectivity index (χ0n) is 13.4. The largest absolute Gasteiger partial charge is 0.324 e. The molecular weight excluding hydrogens is 378 g/mol. The van der Waals surface area contributed by atoms with Crippen LogP contribution in [0.2, 0.25) is 0 Å². The highest BCUT2D eigenvalue weighted by molar-refractivity contribution is 9.10. The van der Waals surface area contributed by atoms with Crippen LogP contribution in [0.5, 0.6) is 0 Å². The third-order valence-corrected chi connectivity index (χ3v) is 4.56. The van der Waals surface area contributed by atoms with Crippen molar-refractivity contribution in [3.8, 4) is 0 Å². The summed E-state index contributed by atoms with van der Waals surface area (Å²) in [5, 5.41) is 8.73. The molecule has 25 heavy (non-hydrogen) atoms. The minimum Gasteiger partial charge on any atom is -0.324 e. The molecule has 0 saturated carbocycles. The van der Waals surface area contributed by atoms with Gasteiger partial charge in [-0.05, 0) is 23.3 Å². The van der Waals surface area contributed by atoms with Crippen LogP contribution in [0, 0.1) is 0 Å². The van der Waals surface area contributed by atoms with Gasteiger partial charge in [-0.2, -0.15) is 0 Å². The number of hydrogen-bond acceptors (Lipinski definition) is 3. The third-order valence-electron chi connectivity index (χ3n) is 4.03. The lowest BCUT2D eigenvalue weighted by Gasteiger charge is -2.16. The van der Waals surface area contributed by atoms with E-state index < -0.39 is 0 Å². The lowest BCUT2D eigenvalue weighted by Crippen LogP contribution is -2.11. The molecule has 0 aliphatic heterocycles. The average Bonchev–Trinajstić information content (AvgIpc) is 3.31. The fourth-order valence-corrected chi connectivity index (χ4v) is 3.11. The highest BCUT2D eigenvalue weighted by Gasteiger charge is 2.19. The van der Waals surface area contributed by atoms with E-state index in [9.17, 15) is 0 Å². The van der Waals surface area contributed by atoms with E-state index in [0.717, 1.165) is 15.7 Å². The molecule has 124 valence electrons. The van der Waals surface area contributed by atoms with Gasteiger partial charge in [-0.15, -0.1) is 5.10 Å². The SMILES string of the molecule is Brc1ccc([C@H](c2cn(Cc3ccccc3)nn2)n2ccnc2)cc1. The second-order valence-electron chi connectivity index (χ2n) is 5.79. The fourth-order valence-electron chi connectivity index (χ4n) is 2.85. The summed E-state index contributed by atoms with van der Waals surface area (Å²) in [6, 6.07) is 18.4. The Hall–Kier alpha value is -2.73. The lowest BCUT2D eigenvalue weighted by molar-refractivity contribution is 0.640. The molecule has 0 spiro atoms. The Bertz CT molecular complexity index is 930. The van der Waals surface area contributed by atoms with E-state index in [1.165, 1.54) is 5.56 Å². The van der Waals surface area contributed by atoms with Gasteiger partial charge in [0.2, 0.25) is 0 Å². The zero-order chi connectivity index (χ0) is 17.1. The van der Waals surface area contributed by atoms with Crippen LogP contribution >= 0.6 is 15.9 Å². The van der Waals surface area contributed by atoms with E-state index in [4.69, 9.17) is 0 Å². The summed E-state index contributed by atoms with van der Waals surface area (Å²) in [7, 11) is 0. The summed E-state index contributed by atoms with van der Waals surface area (Å²) in [4.78, 5) is 4.18. The molecule has 0 fully saturated rings. The summed E-state index contributed by atoms with van der Waals surface area (Å²) in [5.41, 5.74) is 3.21. The molecule has 1 atom stereocenters. The molecule has 5 nitrogen and oxygen atoms in total. The second-order valence-corrected chi connectivity index (χ2v) is 6.71. The van der Waals surface area contributed by atoms with Crippen LogP contribution in [-0.4, -0.2) is 24.5 Å². The van der Waals surface area contributed by atoms with Crippen LogP contribution in [0.25, 0.3) is 0 Å². The molecule has 0 bridgehead atoms. The normalized spacial score (nSPS) is 12.2. The van der Waals surface area contributed by atoms with Crippen LogP contribution in [0.4, 0.5) is 0 Å². The predicted octanol–water partition coefficient (Wildman–Crippen LogP) is 3.92. The van der Waals surface area contributed by atoms with Gasteiger partial charge in [0.25, 0.3) is 0 Å². The van der Waals surface area contributed by atoms with Crippen LogP contribution < -0.4 is 0 Å². The Morgan fingerprint density at radius 1 is 1.00 bits per heavy atom. The van der Waals surface area contributed by atoms with Gasteiger partial charge >= 0.3 is 0 Å². The van der Waals surface area contributed by atoms with Gasteiger partial charge in [0, 0.05) is 16.9 Å². The molecule has 0 N–H and O–H groups in total. The highest BCUT2D eigenvalue weighted by atomic mass is 79.9. The van der Waals surface area contributed by atoms with E-state index in [2.05, 4.69) is 55.5 Å². The van der Waals surface area contributed by atoms with Crippen molar-refractivity contribution in [3.63, 3.8) is 0 Å². The van der Waals surface area contributed by atoms with Crippen LogP contribution in [0.15, 0.2) is 84.0 Å². The molecule has 0 unspecified atom stereocenters. The van der Waals surface area contributed by atoms with E-state index in [1.807, 2.05) is 58.3 Å². The minimum atomic E-state index is -0.0554. The quantitative estimate of drug-likeness (QED) is 0.516. The van der Waals surface area contributed by atoms with Gasteiger partial charge in [0.15, 0.2) is 0 Å². The molecule has 2 heterocycles. The Labute approximate surface area is 154 Å². The fraction of sp³-hybridized carbons (Fsp3) is 0.105. The summed E-state index contributed by atoms with van der Waals surface area (Å²) < 4.78 is 4.96. The lowest BCUT2D eigenvalue weighted by atomic mass is 10.0. The van der Waals surface area contributed by atoms with E-state index in [0.29, 0.717) is 6.54 Å². The Morgan fingerprint density at radius 3 is 2.52 bits per heavy atom. The molecule has 6 heteroatoms. The van der Waals surface area contributed by atoms with Gasteiger partial charge in [-0.1, -0.05) is 63.6 Å².